The van der Waals surface area contributed by atoms with Gasteiger partial charge in [-0.15, -0.1) is 0 Å². The Morgan fingerprint density at radius 1 is 1.24 bits per heavy atom. The zero-order valence-corrected chi connectivity index (χ0v) is 16.3. The van der Waals surface area contributed by atoms with Gasteiger partial charge in [-0.05, 0) is 75.9 Å². The maximum atomic E-state index is 9.71. The third-order valence-corrected chi connectivity index (χ3v) is 4.08. The molecule has 0 aliphatic rings. The molecule has 0 saturated heterocycles. The molecule has 1 aromatic carbocycles. The van der Waals surface area contributed by atoms with Gasteiger partial charge in [0.2, 0.25) is 0 Å². The first-order chi connectivity index (χ1) is 9.69. The van der Waals surface area contributed by atoms with Crippen molar-refractivity contribution in [3.05, 3.63) is 26.6 Å². The van der Waals surface area contributed by atoms with Gasteiger partial charge in [-0.1, -0.05) is 13.8 Å². The second kappa shape index (κ2) is 8.51. The Balaban J connectivity index is 2.62. The fourth-order valence-electron chi connectivity index (χ4n) is 1.76. The van der Waals surface area contributed by atoms with Gasteiger partial charge in [-0.2, -0.15) is 0 Å². The van der Waals surface area contributed by atoms with Crippen molar-refractivity contribution in [1.82, 2.24) is 5.32 Å². The van der Waals surface area contributed by atoms with Crippen LogP contribution < -0.4 is 10.1 Å². The smallest absolute Gasteiger partial charge is 0.147 e. The molecule has 0 aliphatic carbocycles. The van der Waals surface area contributed by atoms with Crippen molar-refractivity contribution < 1.29 is 9.84 Å². The number of aliphatic hydroxyl groups is 1. The van der Waals surface area contributed by atoms with E-state index in [2.05, 4.69) is 63.2 Å². The minimum absolute atomic E-state index is 0.478. The Bertz CT molecular complexity index is 433. The molecular weight excluding hydrogens is 398 g/mol. The molecule has 3 nitrogen and oxygen atoms in total. The number of benzene rings is 1. The molecule has 0 spiro atoms. The van der Waals surface area contributed by atoms with Crippen LogP contribution in [-0.2, 0) is 6.54 Å². The van der Waals surface area contributed by atoms with Gasteiger partial charge < -0.3 is 15.2 Å². The van der Waals surface area contributed by atoms with E-state index in [1.165, 1.54) is 5.56 Å². The molecule has 0 atom stereocenters. The monoisotopic (exact) mass is 421 g/mol. The highest BCUT2D eigenvalue weighted by molar-refractivity contribution is 9.11. The summed E-state index contributed by atoms with van der Waals surface area (Å²) in [6.07, 6.45) is 0.587. The third-order valence-electron chi connectivity index (χ3n) is 2.90. The lowest BCUT2D eigenvalue weighted by Gasteiger charge is -2.18. The lowest BCUT2D eigenvalue weighted by Crippen LogP contribution is -2.22. The van der Waals surface area contributed by atoms with Crippen LogP contribution in [-0.4, -0.2) is 23.9 Å². The number of hydrogen-bond donors (Lipinski definition) is 2. The highest BCUT2D eigenvalue weighted by Crippen LogP contribution is 2.35. The summed E-state index contributed by atoms with van der Waals surface area (Å²) >= 11 is 7.11. The topological polar surface area (TPSA) is 41.5 Å². The third kappa shape index (κ3) is 7.63. The first kappa shape index (κ1) is 18.9. The summed E-state index contributed by atoms with van der Waals surface area (Å²) in [6.45, 7) is 10.3. The maximum absolute atomic E-state index is 9.71. The van der Waals surface area contributed by atoms with Crippen LogP contribution in [0.25, 0.3) is 0 Å². The van der Waals surface area contributed by atoms with Gasteiger partial charge >= 0.3 is 0 Å². The Morgan fingerprint density at radius 3 is 2.29 bits per heavy atom. The van der Waals surface area contributed by atoms with Gasteiger partial charge in [0.25, 0.3) is 0 Å². The summed E-state index contributed by atoms with van der Waals surface area (Å²) in [7, 11) is 0. The van der Waals surface area contributed by atoms with E-state index in [9.17, 15) is 5.11 Å². The molecule has 5 heteroatoms. The van der Waals surface area contributed by atoms with Gasteiger partial charge in [0.05, 0.1) is 21.2 Å². The quantitative estimate of drug-likeness (QED) is 0.648. The van der Waals surface area contributed by atoms with Gasteiger partial charge in [-0.3, -0.25) is 0 Å². The van der Waals surface area contributed by atoms with Crippen LogP contribution in [0.2, 0.25) is 0 Å². The summed E-state index contributed by atoms with van der Waals surface area (Å²) in [4.78, 5) is 0. The lowest BCUT2D eigenvalue weighted by molar-refractivity contribution is 0.0551. The molecule has 0 saturated carbocycles. The summed E-state index contributed by atoms with van der Waals surface area (Å²) in [5.74, 6) is 1.42. The van der Waals surface area contributed by atoms with E-state index in [0.29, 0.717) is 18.9 Å². The number of halogens is 2. The molecule has 0 heterocycles. The van der Waals surface area contributed by atoms with Crippen molar-refractivity contribution >= 4 is 31.9 Å². The van der Waals surface area contributed by atoms with Crippen LogP contribution in [0, 0.1) is 5.92 Å². The first-order valence-electron chi connectivity index (χ1n) is 7.23. The average molecular weight is 423 g/mol. The van der Waals surface area contributed by atoms with Crippen molar-refractivity contribution in [3.63, 3.8) is 0 Å². The largest absolute Gasteiger partial charge is 0.491 e. The Hall–Kier alpha value is -0.100. The minimum atomic E-state index is -0.709. The highest BCUT2D eigenvalue weighted by Gasteiger charge is 2.14. The van der Waals surface area contributed by atoms with Crippen LogP contribution in [0.5, 0.6) is 5.75 Å². The zero-order valence-electron chi connectivity index (χ0n) is 13.2. The van der Waals surface area contributed by atoms with Crippen molar-refractivity contribution in [3.8, 4) is 5.75 Å². The molecule has 1 rings (SSSR count). The maximum Gasteiger partial charge on any atom is 0.147 e. The summed E-state index contributed by atoms with van der Waals surface area (Å²) in [5, 5.41) is 13.1. The van der Waals surface area contributed by atoms with E-state index >= 15 is 0 Å². The molecule has 1 aromatic rings. The molecule has 0 fully saturated rings. The van der Waals surface area contributed by atoms with E-state index in [-0.39, 0.29) is 0 Å². The molecule has 0 amide bonds. The van der Waals surface area contributed by atoms with E-state index in [1.807, 2.05) is 0 Å². The highest BCUT2D eigenvalue weighted by atomic mass is 79.9. The molecular formula is C16H25Br2NO2. The molecule has 0 aliphatic heterocycles. The molecule has 21 heavy (non-hydrogen) atoms. The lowest BCUT2D eigenvalue weighted by atomic mass is 10.1. The van der Waals surface area contributed by atoms with Gasteiger partial charge in [0.15, 0.2) is 0 Å². The Labute approximate surface area is 144 Å². The Morgan fingerprint density at radius 2 is 1.81 bits per heavy atom. The standard InChI is InChI=1S/C16H25Br2NO2/c1-11(2)9-19-10-12-7-13(17)15(14(18)8-12)21-6-5-16(3,4)20/h7-8,11,19-20H,5-6,9-10H2,1-4H3. The number of ether oxygens (including phenoxy) is 1. The Kier molecular flexibility index (Phi) is 7.68. The predicted molar refractivity (Wildman–Crippen MR) is 94.8 cm³/mol. The molecule has 0 unspecified atom stereocenters. The number of rotatable bonds is 8. The van der Waals surface area contributed by atoms with Gasteiger partial charge in [-0.25, -0.2) is 0 Å². The minimum Gasteiger partial charge on any atom is -0.491 e. The van der Waals surface area contributed by atoms with Gasteiger partial charge in [0.1, 0.15) is 5.75 Å². The first-order valence-corrected chi connectivity index (χ1v) is 8.81. The normalized spacial score (nSPS) is 12.0. The second-order valence-electron chi connectivity index (χ2n) is 6.32. The zero-order chi connectivity index (χ0) is 16.0. The van der Waals surface area contributed by atoms with Crippen LogP contribution in [0.4, 0.5) is 0 Å². The number of hydrogen-bond acceptors (Lipinski definition) is 3. The summed E-state index contributed by atoms with van der Waals surface area (Å²) < 4.78 is 7.62. The van der Waals surface area contributed by atoms with E-state index in [0.717, 1.165) is 27.8 Å². The van der Waals surface area contributed by atoms with Crippen molar-refractivity contribution in [2.45, 2.75) is 46.3 Å². The van der Waals surface area contributed by atoms with Crippen molar-refractivity contribution in [1.29, 1.82) is 0 Å². The predicted octanol–water partition coefficient (Wildman–Crippen LogP) is 4.50. The van der Waals surface area contributed by atoms with Crippen LogP contribution >= 0.6 is 31.9 Å². The van der Waals surface area contributed by atoms with E-state index < -0.39 is 5.60 Å². The molecule has 0 bridgehead atoms. The van der Waals surface area contributed by atoms with Crippen LogP contribution in [0.1, 0.15) is 39.7 Å². The summed E-state index contributed by atoms with van der Waals surface area (Å²) in [5.41, 5.74) is 0.490. The van der Waals surface area contributed by atoms with E-state index in [1.54, 1.807) is 13.8 Å². The molecule has 0 radical (unpaired) electrons. The molecule has 0 aromatic heterocycles. The SMILES string of the molecule is CC(C)CNCc1cc(Br)c(OCCC(C)(C)O)c(Br)c1. The number of nitrogens with one attached hydrogen (secondary N) is 1. The average Bonchev–Trinajstić information content (AvgIpc) is 2.31. The van der Waals surface area contributed by atoms with Gasteiger partial charge in [0, 0.05) is 13.0 Å². The van der Waals surface area contributed by atoms with Crippen molar-refractivity contribution in [2.24, 2.45) is 5.92 Å². The second-order valence-corrected chi connectivity index (χ2v) is 8.03. The fourth-order valence-corrected chi connectivity index (χ4v) is 3.27. The van der Waals surface area contributed by atoms with Crippen LogP contribution in [0.3, 0.4) is 0 Å². The summed E-state index contributed by atoms with van der Waals surface area (Å²) in [6, 6.07) is 4.13. The van der Waals surface area contributed by atoms with Crippen LogP contribution in [0.15, 0.2) is 21.1 Å². The van der Waals surface area contributed by atoms with E-state index in [4.69, 9.17) is 4.74 Å². The fraction of sp³-hybridized carbons (Fsp3) is 0.625. The van der Waals surface area contributed by atoms with Crippen molar-refractivity contribution in [2.75, 3.05) is 13.2 Å². The molecule has 120 valence electrons. The molecule has 2 N–H and O–H groups in total.